The van der Waals surface area contributed by atoms with E-state index < -0.39 is 0 Å². The number of aromatic nitrogens is 2. The standard InChI is InChI=1S/C16H24N4/c1-13(2)16(19-15-7-5-4-6-8-15)11-17-9-14-10-18-20(3)12-14/h4-8,10,12-13,16-17,19H,9,11H2,1-3H3. The Kier molecular flexibility index (Phi) is 5.18. The molecule has 0 aliphatic rings. The number of para-hydroxylation sites is 1. The van der Waals surface area contributed by atoms with Crippen molar-refractivity contribution in [1.82, 2.24) is 15.1 Å². The van der Waals surface area contributed by atoms with E-state index in [-0.39, 0.29) is 0 Å². The zero-order valence-corrected chi connectivity index (χ0v) is 12.5. The molecule has 2 rings (SSSR count). The second-order valence-electron chi connectivity index (χ2n) is 5.51. The van der Waals surface area contributed by atoms with Crippen molar-refractivity contribution in [2.45, 2.75) is 26.4 Å². The van der Waals surface area contributed by atoms with Gasteiger partial charge >= 0.3 is 0 Å². The Labute approximate surface area is 121 Å². The number of aryl methyl sites for hydroxylation is 1. The van der Waals surface area contributed by atoms with Crippen LogP contribution in [0.2, 0.25) is 0 Å². The molecule has 0 aliphatic heterocycles. The van der Waals surface area contributed by atoms with Crippen LogP contribution in [-0.4, -0.2) is 22.4 Å². The van der Waals surface area contributed by atoms with Gasteiger partial charge in [-0.15, -0.1) is 0 Å². The lowest BCUT2D eigenvalue weighted by molar-refractivity contribution is 0.484. The maximum atomic E-state index is 4.18. The molecule has 1 atom stereocenters. The van der Waals surface area contributed by atoms with Gasteiger partial charge in [0.25, 0.3) is 0 Å². The van der Waals surface area contributed by atoms with Crippen molar-refractivity contribution in [3.8, 4) is 0 Å². The minimum atomic E-state index is 0.411. The zero-order valence-electron chi connectivity index (χ0n) is 12.5. The van der Waals surface area contributed by atoms with Crippen molar-refractivity contribution >= 4 is 5.69 Å². The number of nitrogens with zero attached hydrogens (tertiary/aromatic N) is 2. The summed E-state index contributed by atoms with van der Waals surface area (Å²) >= 11 is 0. The summed E-state index contributed by atoms with van der Waals surface area (Å²) in [7, 11) is 1.94. The second-order valence-corrected chi connectivity index (χ2v) is 5.51. The molecule has 2 N–H and O–H groups in total. The molecular weight excluding hydrogens is 248 g/mol. The first-order valence-corrected chi connectivity index (χ1v) is 7.15. The molecule has 2 aromatic rings. The highest BCUT2D eigenvalue weighted by Gasteiger charge is 2.12. The Bertz CT molecular complexity index is 504. The van der Waals surface area contributed by atoms with E-state index in [1.807, 2.05) is 30.2 Å². The first kappa shape index (κ1) is 14.6. The van der Waals surface area contributed by atoms with E-state index >= 15 is 0 Å². The number of nitrogens with one attached hydrogen (secondary N) is 2. The largest absolute Gasteiger partial charge is 0.381 e. The Balaban J connectivity index is 1.83. The van der Waals surface area contributed by atoms with Crippen molar-refractivity contribution in [2.75, 3.05) is 11.9 Å². The first-order chi connectivity index (χ1) is 9.65. The van der Waals surface area contributed by atoms with Crippen LogP contribution in [0, 0.1) is 5.92 Å². The summed E-state index contributed by atoms with van der Waals surface area (Å²) in [6.45, 7) is 6.27. The fraction of sp³-hybridized carbons (Fsp3) is 0.438. The summed E-state index contributed by atoms with van der Waals surface area (Å²) in [4.78, 5) is 0. The average Bonchev–Trinajstić information content (AvgIpc) is 2.84. The van der Waals surface area contributed by atoms with Gasteiger partial charge in [0.15, 0.2) is 0 Å². The molecule has 1 heterocycles. The van der Waals surface area contributed by atoms with E-state index in [4.69, 9.17) is 0 Å². The van der Waals surface area contributed by atoms with E-state index in [0.717, 1.165) is 13.1 Å². The van der Waals surface area contributed by atoms with Gasteiger partial charge in [-0.1, -0.05) is 32.0 Å². The van der Waals surface area contributed by atoms with Gasteiger partial charge in [0.2, 0.25) is 0 Å². The van der Waals surface area contributed by atoms with Crippen molar-refractivity contribution in [3.05, 3.63) is 48.3 Å². The van der Waals surface area contributed by atoms with Crippen LogP contribution >= 0.6 is 0 Å². The summed E-state index contributed by atoms with van der Waals surface area (Å²) in [5, 5.41) is 11.3. The van der Waals surface area contributed by atoms with Crippen LogP contribution in [0.1, 0.15) is 19.4 Å². The smallest absolute Gasteiger partial charge is 0.0534 e. The Morgan fingerprint density at radius 1 is 1.20 bits per heavy atom. The van der Waals surface area contributed by atoms with Crippen LogP contribution in [0.3, 0.4) is 0 Å². The van der Waals surface area contributed by atoms with E-state index in [9.17, 15) is 0 Å². The lowest BCUT2D eigenvalue weighted by atomic mass is 10.0. The molecule has 20 heavy (non-hydrogen) atoms. The fourth-order valence-electron chi connectivity index (χ4n) is 2.14. The highest BCUT2D eigenvalue weighted by molar-refractivity contribution is 5.43. The van der Waals surface area contributed by atoms with Gasteiger partial charge in [-0.05, 0) is 18.1 Å². The molecule has 0 fully saturated rings. The van der Waals surface area contributed by atoms with Crippen LogP contribution in [0.15, 0.2) is 42.7 Å². The minimum absolute atomic E-state index is 0.411. The molecule has 4 nitrogen and oxygen atoms in total. The van der Waals surface area contributed by atoms with Crippen LogP contribution < -0.4 is 10.6 Å². The number of hydrogen-bond donors (Lipinski definition) is 2. The van der Waals surface area contributed by atoms with Crippen LogP contribution in [0.5, 0.6) is 0 Å². The summed E-state index contributed by atoms with van der Waals surface area (Å²) in [5.74, 6) is 0.566. The zero-order chi connectivity index (χ0) is 14.4. The average molecular weight is 272 g/mol. The third kappa shape index (κ3) is 4.38. The van der Waals surface area contributed by atoms with Gasteiger partial charge in [0.05, 0.1) is 6.20 Å². The van der Waals surface area contributed by atoms with Crippen LogP contribution in [-0.2, 0) is 13.6 Å². The van der Waals surface area contributed by atoms with Crippen molar-refractivity contribution in [3.63, 3.8) is 0 Å². The minimum Gasteiger partial charge on any atom is -0.381 e. The number of hydrogen-bond acceptors (Lipinski definition) is 3. The van der Waals surface area contributed by atoms with Gasteiger partial charge in [-0.2, -0.15) is 5.10 Å². The topological polar surface area (TPSA) is 41.9 Å². The predicted octanol–water partition coefficient (Wildman–Crippen LogP) is 2.65. The summed E-state index contributed by atoms with van der Waals surface area (Å²) in [6.07, 6.45) is 3.95. The molecular formula is C16H24N4. The SMILES string of the molecule is CC(C)C(CNCc1cnn(C)c1)Nc1ccccc1. The van der Waals surface area contributed by atoms with Gasteiger partial charge in [-0.3, -0.25) is 4.68 Å². The highest BCUT2D eigenvalue weighted by atomic mass is 15.2. The molecule has 1 unspecified atom stereocenters. The van der Waals surface area contributed by atoms with Gasteiger partial charge < -0.3 is 10.6 Å². The second kappa shape index (κ2) is 7.10. The van der Waals surface area contributed by atoms with Crippen molar-refractivity contribution in [1.29, 1.82) is 0 Å². The molecule has 0 bridgehead atoms. The molecule has 0 amide bonds. The summed E-state index contributed by atoms with van der Waals surface area (Å²) < 4.78 is 1.83. The molecule has 0 saturated carbocycles. The number of benzene rings is 1. The molecule has 1 aromatic carbocycles. The number of rotatable bonds is 7. The van der Waals surface area contributed by atoms with E-state index in [1.165, 1.54) is 11.3 Å². The normalized spacial score (nSPS) is 12.6. The quantitative estimate of drug-likeness (QED) is 0.814. The highest BCUT2D eigenvalue weighted by Crippen LogP contribution is 2.11. The molecule has 4 heteroatoms. The Morgan fingerprint density at radius 3 is 2.55 bits per heavy atom. The molecule has 0 aliphatic carbocycles. The van der Waals surface area contributed by atoms with Crippen molar-refractivity contribution in [2.24, 2.45) is 13.0 Å². The van der Waals surface area contributed by atoms with Gasteiger partial charge in [-0.25, -0.2) is 0 Å². The molecule has 1 aromatic heterocycles. The van der Waals surface area contributed by atoms with E-state index in [2.05, 4.69) is 53.8 Å². The maximum Gasteiger partial charge on any atom is 0.0534 e. The van der Waals surface area contributed by atoms with Crippen LogP contribution in [0.25, 0.3) is 0 Å². The Morgan fingerprint density at radius 2 is 1.95 bits per heavy atom. The third-order valence-electron chi connectivity index (χ3n) is 3.38. The maximum absolute atomic E-state index is 4.18. The molecule has 0 radical (unpaired) electrons. The van der Waals surface area contributed by atoms with Crippen LogP contribution in [0.4, 0.5) is 5.69 Å². The molecule has 0 saturated heterocycles. The van der Waals surface area contributed by atoms with Crippen molar-refractivity contribution < 1.29 is 0 Å². The fourth-order valence-corrected chi connectivity index (χ4v) is 2.14. The lowest BCUT2D eigenvalue weighted by Crippen LogP contribution is -2.36. The van der Waals surface area contributed by atoms with E-state index in [1.54, 1.807) is 0 Å². The predicted molar refractivity (Wildman–Crippen MR) is 83.6 cm³/mol. The molecule has 108 valence electrons. The third-order valence-corrected chi connectivity index (χ3v) is 3.38. The monoisotopic (exact) mass is 272 g/mol. The molecule has 0 spiro atoms. The summed E-state index contributed by atoms with van der Waals surface area (Å²) in [6, 6.07) is 10.8. The first-order valence-electron chi connectivity index (χ1n) is 7.15. The van der Waals surface area contributed by atoms with Gasteiger partial charge in [0, 0.05) is 43.6 Å². The van der Waals surface area contributed by atoms with E-state index in [0.29, 0.717) is 12.0 Å². The lowest BCUT2D eigenvalue weighted by Gasteiger charge is -2.24. The van der Waals surface area contributed by atoms with Gasteiger partial charge in [0.1, 0.15) is 0 Å². The summed E-state index contributed by atoms with van der Waals surface area (Å²) in [5.41, 5.74) is 2.39. The number of anilines is 1. The Hall–Kier alpha value is -1.81.